The fourth-order valence-electron chi connectivity index (χ4n) is 2.52. The molecule has 0 aliphatic heterocycles. The first-order valence-electron chi connectivity index (χ1n) is 7.05. The summed E-state index contributed by atoms with van der Waals surface area (Å²) in [6, 6.07) is 15.1. The van der Waals surface area contributed by atoms with Gasteiger partial charge in [0.2, 0.25) is 5.89 Å². The van der Waals surface area contributed by atoms with Gasteiger partial charge in [-0.1, -0.05) is 6.07 Å². The van der Waals surface area contributed by atoms with Crippen LogP contribution in [0.1, 0.15) is 5.56 Å². The quantitative estimate of drug-likeness (QED) is 0.599. The molecule has 0 unspecified atom stereocenters. The zero-order valence-corrected chi connectivity index (χ0v) is 12.0. The lowest BCUT2D eigenvalue weighted by Gasteiger charge is -2.06. The van der Waals surface area contributed by atoms with Crippen molar-refractivity contribution in [1.29, 1.82) is 0 Å². The van der Waals surface area contributed by atoms with Crippen molar-refractivity contribution < 1.29 is 9.52 Å². The van der Waals surface area contributed by atoms with Crippen LogP contribution in [0.15, 0.2) is 65.3 Å². The number of aromatic nitrogens is 2. The monoisotopic (exact) mass is 290 g/mol. The molecule has 0 spiro atoms. The summed E-state index contributed by atoms with van der Waals surface area (Å²) in [7, 11) is 0. The van der Waals surface area contributed by atoms with Gasteiger partial charge in [0, 0.05) is 18.1 Å². The lowest BCUT2D eigenvalue weighted by molar-refractivity contribution is 0.474. The summed E-state index contributed by atoms with van der Waals surface area (Å²) < 4.78 is 7.75. The second-order valence-electron chi connectivity index (χ2n) is 5.28. The predicted octanol–water partition coefficient (Wildman–Crippen LogP) is 4.30. The number of nitrogens with zero attached hydrogens (tertiary/aromatic N) is 2. The number of phenolic OH excluding ortho intramolecular Hbond substituents is 1. The molecular weight excluding hydrogens is 276 g/mol. The van der Waals surface area contributed by atoms with E-state index in [1.54, 1.807) is 6.07 Å². The molecule has 0 fully saturated rings. The lowest BCUT2D eigenvalue weighted by atomic mass is 10.1. The van der Waals surface area contributed by atoms with E-state index in [1.165, 1.54) is 0 Å². The first-order chi connectivity index (χ1) is 10.7. The Morgan fingerprint density at radius 3 is 2.68 bits per heavy atom. The molecule has 0 aliphatic carbocycles. The van der Waals surface area contributed by atoms with E-state index in [4.69, 9.17) is 4.42 Å². The van der Waals surface area contributed by atoms with Crippen LogP contribution in [0, 0.1) is 6.92 Å². The van der Waals surface area contributed by atoms with Gasteiger partial charge >= 0.3 is 0 Å². The summed E-state index contributed by atoms with van der Waals surface area (Å²) >= 11 is 0. The average molecular weight is 290 g/mol. The Hall–Kier alpha value is -3.01. The summed E-state index contributed by atoms with van der Waals surface area (Å²) in [5.41, 5.74) is 4.15. The van der Waals surface area contributed by atoms with Gasteiger partial charge in [0.15, 0.2) is 5.58 Å². The normalized spacial score (nSPS) is 11.1. The molecule has 0 saturated carbocycles. The number of oxazole rings is 1. The van der Waals surface area contributed by atoms with Crippen molar-refractivity contribution in [2.75, 3.05) is 0 Å². The molecule has 0 amide bonds. The smallest absolute Gasteiger partial charge is 0.231 e. The molecule has 4 aromatic rings. The summed E-state index contributed by atoms with van der Waals surface area (Å²) in [4.78, 5) is 4.49. The van der Waals surface area contributed by atoms with Crippen LogP contribution in [0.3, 0.4) is 0 Å². The third kappa shape index (κ3) is 2.05. The van der Waals surface area contributed by atoms with Crippen LogP contribution < -0.4 is 0 Å². The number of phenols is 1. The highest BCUT2D eigenvalue weighted by Crippen LogP contribution is 2.33. The largest absolute Gasteiger partial charge is 0.507 e. The number of rotatable bonds is 2. The molecule has 0 saturated heterocycles. The number of aromatic hydroxyl groups is 1. The van der Waals surface area contributed by atoms with Crippen molar-refractivity contribution in [3.05, 3.63) is 66.5 Å². The minimum Gasteiger partial charge on any atom is -0.507 e. The molecule has 4 heteroatoms. The van der Waals surface area contributed by atoms with Crippen molar-refractivity contribution in [2.24, 2.45) is 0 Å². The average Bonchev–Trinajstić information content (AvgIpc) is 3.16. The van der Waals surface area contributed by atoms with Gasteiger partial charge in [0.1, 0.15) is 11.3 Å². The van der Waals surface area contributed by atoms with E-state index >= 15 is 0 Å². The van der Waals surface area contributed by atoms with Gasteiger partial charge in [-0.05, 0) is 55.0 Å². The van der Waals surface area contributed by atoms with E-state index in [9.17, 15) is 5.11 Å². The highest BCUT2D eigenvalue weighted by atomic mass is 16.3. The molecule has 4 nitrogen and oxygen atoms in total. The first-order valence-corrected chi connectivity index (χ1v) is 7.05. The van der Waals surface area contributed by atoms with Crippen LogP contribution in [-0.2, 0) is 0 Å². The van der Waals surface area contributed by atoms with Crippen molar-refractivity contribution >= 4 is 11.1 Å². The Labute approximate surface area is 127 Å². The van der Waals surface area contributed by atoms with Crippen molar-refractivity contribution in [2.45, 2.75) is 6.92 Å². The summed E-state index contributed by atoms with van der Waals surface area (Å²) in [5, 5.41) is 10.2. The number of fused-ring (bicyclic) bond motifs is 1. The number of benzene rings is 2. The van der Waals surface area contributed by atoms with Gasteiger partial charge < -0.3 is 14.1 Å². The molecule has 1 N–H and O–H groups in total. The molecule has 0 radical (unpaired) electrons. The minimum atomic E-state index is 0.152. The Balaban J connectivity index is 1.88. The van der Waals surface area contributed by atoms with E-state index in [-0.39, 0.29) is 5.75 Å². The molecule has 0 atom stereocenters. The van der Waals surface area contributed by atoms with E-state index in [1.807, 2.05) is 66.3 Å². The van der Waals surface area contributed by atoms with Crippen LogP contribution in [0.5, 0.6) is 5.75 Å². The van der Waals surface area contributed by atoms with Crippen LogP contribution in [0.2, 0.25) is 0 Å². The number of aryl methyl sites for hydroxylation is 1. The standard InChI is InChI=1S/C18H14N2O2/c1-12-4-7-17-15(10-12)19-18(22-17)14-11-13(5-6-16(14)21)20-8-2-3-9-20/h2-11,21H,1H3. The third-order valence-corrected chi connectivity index (χ3v) is 3.66. The fourth-order valence-corrected chi connectivity index (χ4v) is 2.52. The summed E-state index contributed by atoms with van der Waals surface area (Å²) in [6.07, 6.45) is 3.90. The Bertz CT molecular complexity index is 953. The van der Waals surface area contributed by atoms with Crippen molar-refractivity contribution in [3.63, 3.8) is 0 Å². The van der Waals surface area contributed by atoms with Gasteiger partial charge in [-0.3, -0.25) is 0 Å². The Kier molecular flexibility index (Phi) is 2.76. The fraction of sp³-hybridized carbons (Fsp3) is 0.0556. The van der Waals surface area contributed by atoms with Crippen LogP contribution in [0.4, 0.5) is 0 Å². The Morgan fingerprint density at radius 1 is 1.05 bits per heavy atom. The van der Waals surface area contributed by atoms with Gasteiger partial charge in [-0.15, -0.1) is 0 Å². The first kappa shape index (κ1) is 12.7. The molecule has 2 heterocycles. The van der Waals surface area contributed by atoms with E-state index in [0.29, 0.717) is 17.0 Å². The predicted molar refractivity (Wildman–Crippen MR) is 85.2 cm³/mol. The highest BCUT2D eigenvalue weighted by Gasteiger charge is 2.13. The van der Waals surface area contributed by atoms with Crippen LogP contribution in [0.25, 0.3) is 28.2 Å². The van der Waals surface area contributed by atoms with Crippen molar-refractivity contribution in [1.82, 2.24) is 9.55 Å². The molecule has 4 rings (SSSR count). The van der Waals surface area contributed by atoms with E-state index in [0.717, 1.165) is 16.8 Å². The molecule has 2 aromatic carbocycles. The summed E-state index contributed by atoms with van der Waals surface area (Å²) in [6.45, 7) is 2.01. The third-order valence-electron chi connectivity index (χ3n) is 3.66. The Morgan fingerprint density at radius 2 is 1.86 bits per heavy atom. The zero-order chi connectivity index (χ0) is 15.1. The van der Waals surface area contributed by atoms with Gasteiger partial charge in [-0.25, -0.2) is 4.98 Å². The maximum absolute atomic E-state index is 10.2. The zero-order valence-electron chi connectivity index (χ0n) is 12.0. The molecular formula is C18H14N2O2. The van der Waals surface area contributed by atoms with E-state index in [2.05, 4.69) is 4.98 Å². The maximum atomic E-state index is 10.2. The summed E-state index contributed by atoms with van der Waals surface area (Å²) in [5.74, 6) is 0.575. The van der Waals surface area contributed by atoms with Gasteiger partial charge in [0.05, 0.1) is 5.56 Å². The second-order valence-corrected chi connectivity index (χ2v) is 5.28. The topological polar surface area (TPSA) is 51.2 Å². The second kappa shape index (κ2) is 4.77. The molecule has 22 heavy (non-hydrogen) atoms. The van der Waals surface area contributed by atoms with E-state index < -0.39 is 0 Å². The molecule has 2 aromatic heterocycles. The minimum absolute atomic E-state index is 0.152. The van der Waals surface area contributed by atoms with Crippen LogP contribution in [-0.4, -0.2) is 14.7 Å². The van der Waals surface area contributed by atoms with Crippen molar-refractivity contribution in [3.8, 4) is 22.9 Å². The molecule has 0 bridgehead atoms. The van der Waals surface area contributed by atoms with Gasteiger partial charge in [-0.2, -0.15) is 0 Å². The SMILES string of the molecule is Cc1ccc2oc(-c3cc(-n4cccc4)ccc3O)nc2c1. The highest BCUT2D eigenvalue weighted by molar-refractivity contribution is 5.78. The van der Waals surface area contributed by atoms with Crippen LogP contribution >= 0.6 is 0 Å². The molecule has 0 aliphatic rings. The van der Waals surface area contributed by atoms with Gasteiger partial charge in [0.25, 0.3) is 0 Å². The number of hydrogen-bond donors (Lipinski definition) is 1. The lowest BCUT2D eigenvalue weighted by Crippen LogP contribution is -1.90. The maximum Gasteiger partial charge on any atom is 0.231 e. The molecule has 108 valence electrons. The number of hydrogen-bond acceptors (Lipinski definition) is 3.